The lowest BCUT2D eigenvalue weighted by Gasteiger charge is -2.24. The van der Waals surface area contributed by atoms with E-state index in [1.54, 1.807) is 6.07 Å². The summed E-state index contributed by atoms with van der Waals surface area (Å²) in [6, 6.07) is 3.03. The number of nitrogens with one attached hydrogen (secondary N) is 1. The van der Waals surface area contributed by atoms with E-state index in [0.29, 0.717) is 6.67 Å². The summed E-state index contributed by atoms with van der Waals surface area (Å²) in [5, 5.41) is 3.19. The summed E-state index contributed by atoms with van der Waals surface area (Å²) in [4.78, 5) is 10.1. The molecule has 1 aliphatic heterocycles. The average molecular weight is 234 g/mol. The van der Waals surface area contributed by atoms with E-state index in [1.165, 1.54) is 12.3 Å². The minimum Gasteiger partial charge on any atom is -0.362 e. The van der Waals surface area contributed by atoms with Crippen LogP contribution in [0.25, 0.3) is 0 Å². The zero-order chi connectivity index (χ0) is 12.3. The highest BCUT2D eigenvalue weighted by molar-refractivity contribution is 6.09. The Morgan fingerprint density at radius 3 is 2.94 bits per heavy atom. The average Bonchev–Trinajstić information content (AvgIpc) is 2.39. The molecule has 2 rings (SSSR count). The molecule has 5 heteroatoms. The highest BCUT2D eigenvalue weighted by Crippen LogP contribution is 2.09. The van der Waals surface area contributed by atoms with Gasteiger partial charge in [0.2, 0.25) is 5.95 Å². The van der Waals surface area contributed by atoms with Crippen LogP contribution in [-0.4, -0.2) is 35.9 Å². The molecule has 0 atom stereocenters. The Bertz CT molecular complexity index is 450. The summed E-state index contributed by atoms with van der Waals surface area (Å²) < 4.78 is 12.7. The zero-order valence-electron chi connectivity index (χ0n) is 9.94. The fourth-order valence-corrected chi connectivity index (χ4v) is 1.55. The second-order valence-corrected chi connectivity index (χ2v) is 3.79. The molecule has 90 valence electrons. The van der Waals surface area contributed by atoms with Crippen LogP contribution in [0.4, 0.5) is 4.39 Å². The third-order valence-electron chi connectivity index (χ3n) is 2.69. The van der Waals surface area contributed by atoms with Crippen LogP contribution in [-0.2, 0) is 0 Å². The third kappa shape index (κ3) is 2.61. The Morgan fingerprint density at radius 1 is 1.47 bits per heavy atom. The summed E-state index contributed by atoms with van der Waals surface area (Å²) in [6.07, 6.45) is 3.45. The predicted molar refractivity (Wildman–Crippen MR) is 65.1 cm³/mol. The van der Waals surface area contributed by atoms with Gasteiger partial charge in [-0.1, -0.05) is 0 Å². The molecule has 0 aromatic carbocycles. The van der Waals surface area contributed by atoms with Crippen molar-refractivity contribution >= 4 is 5.71 Å². The molecule has 2 heterocycles. The number of hydrogen-bond donors (Lipinski definition) is 1. The van der Waals surface area contributed by atoms with E-state index in [9.17, 15) is 4.39 Å². The normalized spacial score (nSPS) is 14.8. The Morgan fingerprint density at radius 2 is 2.29 bits per heavy atom. The van der Waals surface area contributed by atoms with Crippen molar-refractivity contribution in [3.8, 4) is 0 Å². The summed E-state index contributed by atoms with van der Waals surface area (Å²) in [5.41, 5.74) is 1.65. The molecule has 0 spiro atoms. The number of allylic oxidation sites excluding steroid dienone is 1. The Kier molecular flexibility index (Phi) is 3.37. The molecule has 4 nitrogen and oxygen atoms in total. The molecule has 0 radical (unpaired) electrons. The summed E-state index contributed by atoms with van der Waals surface area (Å²) in [7, 11) is 2.00. The molecule has 0 bridgehead atoms. The van der Waals surface area contributed by atoms with Crippen LogP contribution in [0.2, 0.25) is 0 Å². The lowest BCUT2D eigenvalue weighted by Crippen LogP contribution is -2.32. The Balaban J connectivity index is 2.24. The molecule has 0 saturated heterocycles. The predicted octanol–water partition coefficient (Wildman–Crippen LogP) is 1.36. The van der Waals surface area contributed by atoms with Crippen LogP contribution in [0.5, 0.6) is 0 Å². The van der Waals surface area contributed by atoms with Gasteiger partial charge in [-0.15, -0.1) is 0 Å². The van der Waals surface area contributed by atoms with E-state index in [0.717, 1.165) is 23.6 Å². The van der Waals surface area contributed by atoms with Crippen molar-refractivity contribution in [2.75, 3.05) is 20.3 Å². The van der Waals surface area contributed by atoms with Gasteiger partial charge in [-0.05, 0) is 19.1 Å². The summed E-state index contributed by atoms with van der Waals surface area (Å²) in [6.45, 7) is 3.52. The van der Waals surface area contributed by atoms with E-state index in [4.69, 9.17) is 0 Å². The monoisotopic (exact) mass is 234 g/mol. The Labute approximate surface area is 99.9 Å². The fraction of sp³-hybridized carbons (Fsp3) is 0.333. The van der Waals surface area contributed by atoms with Crippen molar-refractivity contribution in [3.63, 3.8) is 0 Å². The number of hydrogen-bond acceptors (Lipinski definition) is 4. The molecular weight excluding hydrogens is 219 g/mol. The van der Waals surface area contributed by atoms with Gasteiger partial charge < -0.3 is 10.2 Å². The SMILES string of the molecule is CCN(C)C1=CC(c2ccc(F)nc2)=NCN1. The molecule has 0 fully saturated rings. The van der Waals surface area contributed by atoms with Gasteiger partial charge in [0.1, 0.15) is 12.5 Å². The minimum atomic E-state index is -0.474. The van der Waals surface area contributed by atoms with Gasteiger partial charge >= 0.3 is 0 Å². The molecular formula is C12H15FN4. The number of nitrogens with zero attached hydrogens (tertiary/aromatic N) is 3. The quantitative estimate of drug-likeness (QED) is 0.803. The number of halogens is 1. The maximum absolute atomic E-state index is 12.7. The first kappa shape index (κ1) is 11.6. The summed E-state index contributed by atoms with van der Waals surface area (Å²) >= 11 is 0. The lowest BCUT2D eigenvalue weighted by atomic mass is 10.1. The van der Waals surface area contributed by atoms with Crippen LogP contribution < -0.4 is 5.32 Å². The van der Waals surface area contributed by atoms with Gasteiger partial charge in [0.05, 0.1) is 5.71 Å². The van der Waals surface area contributed by atoms with Crippen molar-refractivity contribution in [3.05, 3.63) is 41.7 Å². The summed E-state index contributed by atoms with van der Waals surface area (Å²) in [5.74, 6) is 0.542. The van der Waals surface area contributed by atoms with Gasteiger partial charge in [-0.3, -0.25) is 4.99 Å². The second-order valence-electron chi connectivity index (χ2n) is 3.79. The number of pyridine rings is 1. The maximum Gasteiger partial charge on any atom is 0.212 e. The number of aromatic nitrogens is 1. The molecule has 0 amide bonds. The molecule has 0 saturated carbocycles. The van der Waals surface area contributed by atoms with Crippen LogP contribution in [0.15, 0.2) is 35.2 Å². The molecule has 1 N–H and O–H groups in total. The number of aliphatic imine (C=N–C) groups is 1. The van der Waals surface area contributed by atoms with E-state index in [1.807, 2.05) is 13.1 Å². The van der Waals surface area contributed by atoms with Crippen molar-refractivity contribution in [2.45, 2.75) is 6.92 Å². The first-order chi connectivity index (χ1) is 8.20. The molecule has 1 aromatic rings. The van der Waals surface area contributed by atoms with Gasteiger partial charge in [0.15, 0.2) is 0 Å². The van der Waals surface area contributed by atoms with E-state index < -0.39 is 5.95 Å². The fourth-order valence-electron chi connectivity index (χ4n) is 1.55. The topological polar surface area (TPSA) is 40.5 Å². The highest BCUT2D eigenvalue weighted by atomic mass is 19.1. The zero-order valence-corrected chi connectivity index (χ0v) is 9.94. The highest BCUT2D eigenvalue weighted by Gasteiger charge is 2.10. The lowest BCUT2D eigenvalue weighted by molar-refractivity contribution is 0.404. The Hall–Kier alpha value is -1.91. The molecule has 1 aromatic heterocycles. The number of rotatable bonds is 3. The molecule has 1 aliphatic rings. The first-order valence-corrected chi connectivity index (χ1v) is 5.54. The van der Waals surface area contributed by atoms with Crippen LogP contribution in [0, 0.1) is 5.95 Å². The van der Waals surface area contributed by atoms with Crippen molar-refractivity contribution in [2.24, 2.45) is 4.99 Å². The van der Waals surface area contributed by atoms with Crippen LogP contribution in [0.1, 0.15) is 12.5 Å². The standard InChI is InChI=1S/C12H15FN4/c1-3-17(2)12-6-10(15-8-16-12)9-4-5-11(13)14-7-9/h4-7,16H,3,8H2,1-2H3. The van der Waals surface area contributed by atoms with E-state index in [2.05, 4.69) is 27.1 Å². The minimum absolute atomic E-state index is 0.474. The van der Waals surface area contributed by atoms with Crippen molar-refractivity contribution < 1.29 is 4.39 Å². The molecule has 0 aliphatic carbocycles. The largest absolute Gasteiger partial charge is 0.362 e. The second kappa shape index (κ2) is 4.95. The smallest absolute Gasteiger partial charge is 0.212 e. The van der Waals surface area contributed by atoms with Crippen LogP contribution >= 0.6 is 0 Å². The first-order valence-electron chi connectivity index (χ1n) is 5.54. The van der Waals surface area contributed by atoms with Gasteiger partial charge in [0, 0.05) is 31.4 Å². The van der Waals surface area contributed by atoms with Crippen molar-refractivity contribution in [1.82, 2.24) is 15.2 Å². The van der Waals surface area contributed by atoms with Crippen molar-refractivity contribution in [1.29, 1.82) is 0 Å². The van der Waals surface area contributed by atoms with Gasteiger partial charge in [-0.2, -0.15) is 4.39 Å². The third-order valence-corrected chi connectivity index (χ3v) is 2.69. The van der Waals surface area contributed by atoms with E-state index >= 15 is 0 Å². The van der Waals surface area contributed by atoms with E-state index in [-0.39, 0.29) is 0 Å². The maximum atomic E-state index is 12.7. The van der Waals surface area contributed by atoms with Crippen LogP contribution in [0.3, 0.4) is 0 Å². The van der Waals surface area contributed by atoms with Gasteiger partial charge in [0.25, 0.3) is 0 Å². The van der Waals surface area contributed by atoms with Gasteiger partial charge in [-0.25, -0.2) is 4.98 Å². The molecule has 0 unspecified atom stereocenters. The molecule has 17 heavy (non-hydrogen) atoms.